The SMILES string of the molecule is CC(N)CN(C(N)=O)c1ccc(F)cc1. The molecule has 4 nitrogen and oxygen atoms in total. The van der Waals surface area contributed by atoms with Crippen LogP contribution in [0.4, 0.5) is 14.9 Å². The quantitative estimate of drug-likeness (QED) is 0.784. The van der Waals surface area contributed by atoms with Crippen molar-refractivity contribution in [3.8, 4) is 0 Å². The normalized spacial score (nSPS) is 12.2. The molecule has 0 aliphatic carbocycles. The number of nitrogens with zero attached hydrogens (tertiary/aromatic N) is 1. The number of carbonyl (C=O) groups excluding carboxylic acids is 1. The summed E-state index contributed by atoms with van der Waals surface area (Å²) in [5.74, 6) is -0.357. The van der Waals surface area contributed by atoms with E-state index in [0.29, 0.717) is 12.2 Å². The number of urea groups is 1. The lowest BCUT2D eigenvalue weighted by Crippen LogP contribution is -2.42. The van der Waals surface area contributed by atoms with Crippen LogP contribution in [0.15, 0.2) is 24.3 Å². The van der Waals surface area contributed by atoms with Crippen molar-refractivity contribution in [3.05, 3.63) is 30.1 Å². The van der Waals surface area contributed by atoms with Gasteiger partial charge >= 0.3 is 6.03 Å². The zero-order valence-electron chi connectivity index (χ0n) is 8.48. The second-order valence-electron chi connectivity index (χ2n) is 3.40. The van der Waals surface area contributed by atoms with E-state index in [1.807, 2.05) is 0 Å². The molecule has 0 bridgehead atoms. The first-order valence-electron chi connectivity index (χ1n) is 4.59. The van der Waals surface area contributed by atoms with Crippen molar-refractivity contribution < 1.29 is 9.18 Å². The van der Waals surface area contributed by atoms with Gasteiger partial charge in [-0.15, -0.1) is 0 Å². The van der Waals surface area contributed by atoms with Crippen LogP contribution in [0.2, 0.25) is 0 Å². The van der Waals surface area contributed by atoms with Gasteiger partial charge in [0.15, 0.2) is 0 Å². The molecule has 1 atom stereocenters. The molecule has 0 spiro atoms. The number of halogens is 1. The van der Waals surface area contributed by atoms with Crippen LogP contribution in [0.1, 0.15) is 6.92 Å². The molecule has 0 aliphatic heterocycles. The van der Waals surface area contributed by atoms with Gasteiger partial charge in [-0.25, -0.2) is 9.18 Å². The molecule has 0 aliphatic rings. The average molecular weight is 211 g/mol. The number of hydrogen-bond acceptors (Lipinski definition) is 2. The second-order valence-corrected chi connectivity index (χ2v) is 3.40. The first-order valence-corrected chi connectivity index (χ1v) is 4.59. The highest BCUT2D eigenvalue weighted by atomic mass is 19.1. The van der Waals surface area contributed by atoms with Crippen LogP contribution < -0.4 is 16.4 Å². The lowest BCUT2D eigenvalue weighted by molar-refractivity contribution is 0.253. The molecule has 1 aromatic carbocycles. The van der Waals surface area contributed by atoms with Crippen molar-refractivity contribution in [3.63, 3.8) is 0 Å². The Balaban J connectivity index is 2.89. The van der Waals surface area contributed by atoms with E-state index in [1.54, 1.807) is 6.92 Å². The van der Waals surface area contributed by atoms with E-state index in [0.717, 1.165) is 0 Å². The van der Waals surface area contributed by atoms with Gasteiger partial charge in [-0.1, -0.05) is 0 Å². The number of anilines is 1. The van der Waals surface area contributed by atoms with E-state index in [4.69, 9.17) is 11.5 Å². The number of primary amides is 1. The van der Waals surface area contributed by atoms with Crippen LogP contribution in [-0.4, -0.2) is 18.6 Å². The fourth-order valence-electron chi connectivity index (χ4n) is 1.23. The Kier molecular flexibility index (Phi) is 3.62. The minimum Gasteiger partial charge on any atom is -0.351 e. The monoisotopic (exact) mass is 211 g/mol. The largest absolute Gasteiger partial charge is 0.351 e. The molecule has 5 heteroatoms. The molecule has 82 valence electrons. The Morgan fingerprint density at radius 2 is 2.00 bits per heavy atom. The maximum absolute atomic E-state index is 12.7. The maximum Gasteiger partial charge on any atom is 0.319 e. The fraction of sp³-hybridized carbons (Fsp3) is 0.300. The molecule has 1 rings (SSSR count). The summed E-state index contributed by atoms with van der Waals surface area (Å²) in [4.78, 5) is 12.4. The van der Waals surface area contributed by atoms with Crippen LogP contribution in [0.25, 0.3) is 0 Å². The Morgan fingerprint density at radius 3 is 2.40 bits per heavy atom. The Labute approximate surface area is 87.7 Å². The van der Waals surface area contributed by atoms with Crippen molar-refractivity contribution in [2.45, 2.75) is 13.0 Å². The third-order valence-electron chi connectivity index (χ3n) is 1.87. The number of carbonyl (C=O) groups is 1. The molecule has 0 saturated heterocycles. The number of hydrogen-bond donors (Lipinski definition) is 2. The summed E-state index contributed by atoms with van der Waals surface area (Å²) in [6, 6.07) is 4.73. The molecule has 0 saturated carbocycles. The first-order chi connectivity index (χ1) is 7.00. The van der Waals surface area contributed by atoms with Gasteiger partial charge in [-0.2, -0.15) is 0 Å². The molecular formula is C10H14FN3O. The smallest absolute Gasteiger partial charge is 0.319 e. The first kappa shape index (κ1) is 11.5. The van der Waals surface area contributed by atoms with Crippen LogP contribution >= 0.6 is 0 Å². The van der Waals surface area contributed by atoms with Crippen LogP contribution in [0.5, 0.6) is 0 Å². The fourth-order valence-corrected chi connectivity index (χ4v) is 1.23. The minimum absolute atomic E-state index is 0.192. The van der Waals surface area contributed by atoms with Crippen molar-refractivity contribution in [2.24, 2.45) is 11.5 Å². The molecule has 0 radical (unpaired) electrons. The molecule has 0 fully saturated rings. The van der Waals surface area contributed by atoms with Crippen molar-refractivity contribution in [1.29, 1.82) is 0 Å². The topological polar surface area (TPSA) is 72.3 Å². The van der Waals surface area contributed by atoms with E-state index in [-0.39, 0.29) is 11.9 Å². The standard InChI is InChI=1S/C10H14FN3O/c1-7(12)6-14(10(13)15)9-4-2-8(11)3-5-9/h2-5,7H,6,12H2,1H3,(H2,13,15). The zero-order valence-corrected chi connectivity index (χ0v) is 8.48. The van der Waals surface area contributed by atoms with Crippen molar-refractivity contribution in [2.75, 3.05) is 11.4 Å². The molecule has 1 aromatic rings. The second kappa shape index (κ2) is 4.75. The Bertz CT molecular complexity index is 337. The molecule has 4 N–H and O–H groups in total. The summed E-state index contributed by atoms with van der Waals surface area (Å²) in [5, 5.41) is 0. The lowest BCUT2D eigenvalue weighted by atomic mass is 10.2. The number of rotatable bonds is 3. The lowest BCUT2D eigenvalue weighted by Gasteiger charge is -2.22. The number of benzene rings is 1. The van der Waals surface area contributed by atoms with Crippen LogP contribution in [0, 0.1) is 5.82 Å². The van der Waals surface area contributed by atoms with Crippen molar-refractivity contribution in [1.82, 2.24) is 0 Å². The number of amides is 2. The summed E-state index contributed by atoms with van der Waals surface area (Å²) in [6.07, 6.45) is 0. The molecular weight excluding hydrogens is 197 g/mol. The maximum atomic E-state index is 12.7. The highest BCUT2D eigenvalue weighted by Crippen LogP contribution is 2.14. The van der Waals surface area contributed by atoms with Gasteiger partial charge in [0, 0.05) is 18.3 Å². The molecule has 2 amide bonds. The van der Waals surface area contributed by atoms with E-state index >= 15 is 0 Å². The summed E-state index contributed by atoms with van der Waals surface area (Å²) in [5.41, 5.74) is 11.3. The zero-order chi connectivity index (χ0) is 11.4. The molecule has 0 aromatic heterocycles. The summed E-state index contributed by atoms with van der Waals surface area (Å²) >= 11 is 0. The molecule has 0 heterocycles. The third-order valence-corrected chi connectivity index (χ3v) is 1.87. The van der Waals surface area contributed by atoms with Crippen LogP contribution in [0.3, 0.4) is 0 Å². The average Bonchev–Trinajstić information content (AvgIpc) is 2.15. The third kappa shape index (κ3) is 3.21. The Morgan fingerprint density at radius 1 is 1.47 bits per heavy atom. The van der Waals surface area contributed by atoms with Crippen LogP contribution in [-0.2, 0) is 0 Å². The molecule has 15 heavy (non-hydrogen) atoms. The summed E-state index contributed by atoms with van der Waals surface area (Å²) in [6.45, 7) is 2.07. The number of nitrogens with two attached hydrogens (primary N) is 2. The molecule has 1 unspecified atom stereocenters. The van der Waals surface area contributed by atoms with Gasteiger partial charge in [-0.05, 0) is 31.2 Å². The summed E-state index contributed by atoms with van der Waals surface area (Å²) in [7, 11) is 0. The van der Waals surface area contributed by atoms with E-state index in [9.17, 15) is 9.18 Å². The van der Waals surface area contributed by atoms with Gasteiger partial charge in [0.05, 0.1) is 0 Å². The van der Waals surface area contributed by atoms with Gasteiger partial charge in [0.25, 0.3) is 0 Å². The minimum atomic E-state index is -0.598. The van der Waals surface area contributed by atoms with Gasteiger partial charge in [-0.3, -0.25) is 4.90 Å². The highest BCUT2D eigenvalue weighted by Gasteiger charge is 2.13. The van der Waals surface area contributed by atoms with Gasteiger partial charge < -0.3 is 11.5 Å². The van der Waals surface area contributed by atoms with E-state index < -0.39 is 6.03 Å². The predicted octanol–water partition coefficient (Wildman–Crippen LogP) is 1.06. The van der Waals surface area contributed by atoms with Gasteiger partial charge in [0.2, 0.25) is 0 Å². The summed E-state index contributed by atoms with van der Waals surface area (Å²) < 4.78 is 12.7. The predicted molar refractivity (Wildman–Crippen MR) is 57.0 cm³/mol. The highest BCUT2D eigenvalue weighted by molar-refractivity contribution is 5.90. The van der Waals surface area contributed by atoms with E-state index in [2.05, 4.69) is 0 Å². The van der Waals surface area contributed by atoms with Crippen molar-refractivity contribution >= 4 is 11.7 Å². The Hall–Kier alpha value is -1.62. The van der Waals surface area contributed by atoms with Gasteiger partial charge in [0.1, 0.15) is 5.82 Å². The van der Waals surface area contributed by atoms with E-state index in [1.165, 1.54) is 29.2 Å².